The van der Waals surface area contributed by atoms with Crippen LogP contribution in [0.2, 0.25) is 0 Å². The van der Waals surface area contributed by atoms with E-state index in [4.69, 9.17) is 5.73 Å². The molecule has 29 heavy (non-hydrogen) atoms. The molecule has 0 radical (unpaired) electrons. The van der Waals surface area contributed by atoms with Gasteiger partial charge in [0, 0.05) is 24.6 Å². The maximum Gasteiger partial charge on any atom is 0.257 e. The standard InChI is InChI=1S/C21H20N6OS/c1-15-19(20(22)28)29-21(26(15)13-17-8-5-11-23-12-17)27-14-18(24-25-27)10-9-16-6-3-2-4-7-16/h2-12,14,21H,13H2,1H3,(H2,22,28). The predicted molar refractivity (Wildman–Crippen MR) is 114 cm³/mol. The highest BCUT2D eigenvalue weighted by Gasteiger charge is 2.34. The number of thioether (sulfide) groups is 1. The third kappa shape index (κ3) is 4.22. The first kappa shape index (κ1) is 18.9. The molecule has 1 aliphatic heterocycles. The second-order valence-corrected chi connectivity index (χ2v) is 7.65. The van der Waals surface area contributed by atoms with Gasteiger partial charge in [-0.05, 0) is 30.2 Å². The molecule has 0 spiro atoms. The molecule has 2 N–H and O–H groups in total. The SMILES string of the molecule is CC1=C(C(N)=O)SC(n2cc(C=Cc3ccccc3)nn2)N1Cc1cccnc1. The van der Waals surface area contributed by atoms with E-state index in [2.05, 4.69) is 20.2 Å². The van der Waals surface area contributed by atoms with E-state index in [0.717, 1.165) is 22.5 Å². The molecular formula is C21H20N6OS. The minimum atomic E-state index is -0.435. The summed E-state index contributed by atoms with van der Waals surface area (Å²) < 4.78 is 1.76. The van der Waals surface area contributed by atoms with Gasteiger partial charge in [-0.25, -0.2) is 4.68 Å². The van der Waals surface area contributed by atoms with E-state index in [1.54, 1.807) is 10.9 Å². The van der Waals surface area contributed by atoms with Crippen LogP contribution < -0.4 is 5.73 Å². The summed E-state index contributed by atoms with van der Waals surface area (Å²) in [6, 6.07) is 13.9. The minimum Gasteiger partial charge on any atom is -0.365 e. The van der Waals surface area contributed by atoms with Crippen molar-refractivity contribution in [3.63, 3.8) is 0 Å². The summed E-state index contributed by atoms with van der Waals surface area (Å²) in [7, 11) is 0. The predicted octanol–water partition coefficient (Wildman–Crippen LogP) is 3.27. The second-order valence-electron chi connectivity index (χ2n) is 6.58. The number of nitrogens with two attached hydrogens (primary N) is 1. The zero-order valence-electron chi connectivity index (χ0n) is 15.8. The van der Waals surface area contributed by atoms with E-state index >= 15 is 0 Å². The number of carbonyl (C=O) groups excluding carboxylic acids is 1. The second kappa shape index (κ2) is 8.32. The molecule has 1 atom stereocenters. The number of benzene rings is 1. The molecule has 0 saturated carbocycles. The Balaban J connectivity index is 1.58. The summed E-state index contributed by atoms with van der Waals surface area (Å²) in [6.45, 7) is 2.49. The van der Waals surface area contributed by atoms with Gasteiger partial charge in [0.1, 0.15) is 5.69 Å². The van der Waals surface area contributed by atoms with Gasteiger partial charge in [0.05, 0.1) is 11.1 Å². The van der Waals surface area contributed by atoms with Crippen molar-refractivity contribution >= 4 is 29.8 Å². The molecular weight excluding hydrogens is 384 g/mol. The quantitative estimate of drug-likeness (QED) is 0.678. The number of rotatable bonds is 6. The Labute approximate surface area is 172 Å². The zero-order chi connectivity index (χ0) is 20.2. The number of allylic oxidation sites excluding steroid dienone is 1. The molecule has 3 heterocycles. The van der Waals surface area contributed by atoms with Crippen LogP contribution in [0, 0.1) is 0 Å². The molecule has 0 aliphatic carbocycles. The van der Waals surface area contributed by atoms with Crippen molar-refractivity contribution in [1.29, 1.82) is 0 Å². The fraction of sp³-hybridized carbons (Fsp3) is 0.143. The molecule has 0 fully saturated rings. The van der Waals surface area contributed by atoms with Crippen LogP contribution in [0.15, 0.2) is 71.7 Å². The Bertz CT molecular complexity index is 1060. The van der Waals surface area contributed by atoms with Crippen molar-refractivity contribution in [1.82, 2.24) is 24.9 Å². The number of primary amides is 1. The molecule has 0 saturated heterocycles. The van der Waals surface area contributed by atoms with Crippen LogP contribution in [-0.4, -0.2) is 30.8 Å². The average molecular weight is 404 g/mol. The van der Waals surface area contributed by atoms with Crippen molar-refractivity contribution in [3.8, 4) is 0 Å². The topological polar surface area (TPSA) is 89.9 Å². The molecule has 8 heteroatoms. The van der Waals surface area contributed by atoms with Crippen molar-refractivity contribution in [3.05, 3.63) is 88.5 Å². The van der Waals surface area contributed by atoms with Gasteiger partial charge in [0.15, 0.2) is 5.50 Å². The minimum absolute atomic E-state index is 0.246. The molecule has 3 aromatic rings. The van der Waals surface area contributed by atoms with E-state index in [-0.39, 0.29) is 5.50 Å². The van der Waals surface area contributed by atoms with Crippen LogP contribution >= 0.6 is 11.8 Å². The lowest BCUT2D eigenvalue weighted by Crippen LogP contribution is -2.26. The third-order valence-electron chi connectivity index (χ3n) is 4.55. The number of nitrogens with zero attached hydrogens (tertiary/aromatic N) is 5. The number of carbonyl (C=O) groups is 1. The van der Waals surface area contributed by atoms with Gasteiger partial charge in [-0.3, -0.25) is 9.78 Å². The molecule has 1 aliphatic rings. The first-order valence-corrected chi connectivity index (χ1v) is 9.97. The maximum absolute atomic E-state index is 11.9. The molecule has 1 aromatic carbocycles. The lowest BCUT2D eigenvalue weighted by molar-refractivity contribution is -0.114. The van der Waals surface area contributed by atoms with Gasteiger partial charge in [-0.15, -0.1) is 5.10 Å². The van der Waals surface area contributed by atoms with Gasteiger partial charge in [-0.1, -0.05) is 59.4 Å². The lowest BCUT2D eigenvalue weighted by atomic mass is 10.2. The summed E-state index contributed by atoms with van der Waals surface area (Å²) >= 11 is 1.38. The van der Waals surface area contributed by atoms with Gasteiger partial charge < -0.3 is 10.6 Å². The van der Waals surface area contributed by atoms with Crippen LogP contribution in [0.3, 0.4) is 0 Å². The van der Waals surface area contributed by atoms with E-state index in [1.807, 2.05) is 73.9 Å². The van der Waals surface area contributed by atoms with E-state index in [1.165, 1.54) is 11.8 Å². The first-order chi connectivity index (χ1) is 14.1. The largest absolute Gasteiger partial charge is 0.365 e. The average Bonchev–Trinajstić information content (AvgIpc) is 3.33. The van der Waals surface area contributed by atoms with Crippen molar-refractivity contribution < 1.29 is 4.79 Å². The number of aromatic nitrogens is 4. The highest BCUT2D eigenvalue weighted by atomic mass is 32.2. The molecule has 4 rings (SSSR count). The van der Waals surface area contributed by atoms with Crippen LogP contribution in [0.4, 0.5) is 0 Å². The highest BCUT2D eigenvalue weighted by Crippen LogP contribution is 2.44. The molecule has 146 valence electrons. The molecule has 2 aromatic heterocycles. The van der Waals surface area contributed by atoms with Gasteiger partial charge >= 0.3 is 0 Å². The Kier molecular flexibility index (Phi) is 5.44. The van der Waals surface area contributed by atoms with Gasteiger partial charge in [0.25, 0.3) is 5.91 Å². The monoisotopic (exact) mass is 404 g/mol. The van der Waals surface area contributed by atoms with Crippen LogP contribution in [0.1, 0.15) is 29.2 Å². The Morgan fingerprint density at radius 3 is 2.76 bits per heavy atom. The summed E-state index contributed by atoms with van der Waals surface area (Å²) in [5.41, 5.74) is 9.03. The first-order valence-electron chi connectivity index (χ1n) is 9.09. The molecule has 7 nitrogen and oxygen atoms in total. The number of hydrogen-bond acceptors (Lipinski definition) is 6. The molecule has 0 bridgehead atoms. The lowest BCUT2D eigenvalue weighted by Gasteiger charge is -2.27. The summed E-state index contributed by atoms with van der Waals surface area (Å²) in [4.78, 5) is 18.7. The van der Waals surface area contributed by atoms with E-state index in [0.29, 0.717) is 11.4 Å². The number of amides is 1. The van der Waals surface area contributed by atoms with Crippen molar-refractivity contribution in [2.45, 2.75) is 19.0 Å². The summed E-state index contributed by atoms with van der Waals surface area (Å²) in [5, 5.41) is 8.54. The number of hydrogen-bond donors (Lipinski definition) is 1. The van der Waals surface area contributed by atoms with Crippen LogP contribution in [0.25, 0.3) is 12.2 Å². The van der Waals surface area contributed by atoms with Gasteiger partial charge in [-0.2, -0.15) is 0 Å². The van der Waals surface area contributed by atoms with Gasteiger partial charge in [0.2, 0.25) is 0 Å². The molecule has 1 unspecified atom stereocenters. The van der Waals surface area contributed by atoms with E-state index in [9.17, 15) is 4.79 Å². The van der Waals surface area contributed by atoms with Crippen LogP contribution in [-0.2, 0) is 11.3 Å². The van der Waals surface area contributed by atoms with Crippen LogP contribution in [0.5, 0.6) is 0 Å². The smallest absolute Gasteiger partial charge is 0.257 e. The Hall–Kier alpha value is -3.39. The summed E-state index contributed by atoms with van der Waals surface area (Å²) in [6.07, 6.45) is 9.32. The molecule has 1 amide bonds. The Morgan fingerprint density at radius 1 is 1.21 bits per heavy atom. The third-order valence-corrected chi connectivity index (χ3v) is 5.96. The fourth-order valence-corrected chi connectivity index (χ4v) is 4.27. The highest BCUT2D eigenvalue weighted by molar-refractivity contribution is 8.04. The normalized spacial score (nSPS) is 16.7. The fourth-order valence-electron chi connectivity index (χ4n) is 3.09. The van der Waals surface area contributed by atoms with Crippen molar-refractivity contribution in [2.24, 2.45) is 5.73 Å². The summed E-state index contributed by atoms with van der Waals surface area (Å²) in [5.74, 6) is -0.435. The maximum atomic E-state index is 11.9. The van der Waals surface area contributed by atoms with Crippen molar-refractivity contribution in [2.75, 3.05) is 0 Å². The number of pyridine rings is 1. The van der Waals surface area contributed by atoms with E-state index < -0.39 is 5.91 Å². The zero-order valence-corrected chi connectivity index (χ0v) is 16.7. The Morgan fingerprint density at radius 2 is 2.03 bits per heavy atom.